The van der Waals surface area contributed by atoms with E-state index in [0.29, 0.717) is 11.1 Å². The van der Waals surface area contributed by atoms with Crippen LogP contribution >= 0.6 is 0 Å². The maximum atomic E-state index is 12.7. The monoisotopic (exact) mass is 714 g/mol. The minimum Gasteiger partial charge on any atom is -0.748 e. The van der Waals surface area contributed by atoms with Gasteiger partial charge in [0.1, 0.15) is 5.57 Å². The SMILES string of the molecule is O=C(OCCCS(=O)(=O)[O-])C(=CC=C(c1ccc(C(=O)[O-])cc1)c1ccc(C(=O)[O-])cc1)C(=O)OCCCS(=O)(=O)[O-].[Na+].[Na+].[Na+].[Na+]. The molecule has 14 nitrogen and oxygen atoms in total. The summed E-state index contributed by atoms with van der Waals surface area (Å²) < 4.78 is 74.4. The first-order valence-electron chi connectivity index (χ1n) is 11.8. The van der Waals surface area contributed by atoms with Gasteiger partial charge in [-0.15, -0.1) is 0 Å². The normalized spacial score (nSPS) is 10.2. The van der Waals surface area contributed by atoms with Gasteiger partial charge in [0.15, 0.2) is 0 Å². The molecule has 0 aliphatic carbocycles. The molecular formula is C26H22Na4O14S2. The van der Waals surface area contributed by atoms with Gasteiger partial charge in [0, 0.05) is 11.5 Å². The number of ether oxygens (including phenoxy) is 2. The molecule has 0 aromatic heterocycles. The van der Waals surface area contributed by atoms with Crippen LogP contribution in [0.2, 0.25) is 0 Å². The van der Waals surface area contributed by atoms with Crippen LogP contribution in [-0.4, -0.2) is 74.5 Å². The summed E-state index contributed by atoms with van der Waals surface area (Å²) in [6.07, 6.45) is 1.42. The third-order valence-electron chi connectivity index (χ3n) is 5.26. The quantitative estimate of drug-likeness (QED) is 0.0243. The molecule has 46 heavy (non-hydrogen) atoms. The fraction of sp³-hybridized carbons (Fsp3) is 0.231. The van der Waals surface area contributed by atoms with Crippen molar-refractivity contribution in [3.05, 3.63) is 88.5 Å². The van der Waals surface area contributed by atoms with E-state index in [1.165, 1.54) is 54.6 Å². The Morgan fingerprint density at radius 1 is 0.565 bits per heavy atom. The van der Waals surface area contributed by atoms with Crippen LogP contribution in [0.5, 0.6) is 0 Å². The molecule has 0 aliphatic rings. The maximum absolute atomic E-state index is 12.7. The molecule has 0 unspecified atom stereocenters. The summed E-state index contributed by atoms with van der Waals surface area (Å²) >= 11 is 0. The Labute approximate surface area is 354 Å². The van der Waals surface area contributed by atoms with Gasteiger partial charge in [0.05, 0.1) is 45.4 Å². The van der Waals surface area contributed by atoms with Gasteiger partial charge in [0.2, 0.25) is 0 Å². The molecule has 0 amide bonds. The average molecular weight is 715 g/mol. The van der Waals surface area contributed by atoms with E-state index in [2.05, 4.69) is 0 Å². The van der Waals surface area contributed by atoms with Crippen LogP contribution in [0.4, 0.5) is 0 Å². The maximum Gasteiger partial charge on any atom is 1.00 e. The summed E-state index contributed by atoms with van der Waals surface area (Å²) in [6, 6.07) is 10.4. The van der Waals surface area contributed by atoms with Crippen molar-refractivity contribution in [3.63, 3.8) is 0 Å². The van der Waals surface area contributed by atoms with Crippen LogP contribution in [0, 0.1) is 0 Å². The van der Waals surface area contributed by atoms with E-state index in [9.17, 15) is 55.3 Å². The van der Waals surface area contributed by atoms with Crippen molar-refractivity contribution in [2.75, 3.05) is 24.7 Å². The van der Waals surface area contributed by atoms with Gasteiger partial charge in [-0.05, 0) is 46.7 Å². The molecule has 2 rings (SSSR count). The largest absolute Gasteiger partial charge is 1.00 e. The fourth-order valence-corrected chi connectivity index (χ4v) is 4.22. The van der Waals surface area contributed by atoms with E-state index >= 15 is 0 Å². The number of esters is 2. The molecule has 0 saturated carbocycles. The number of hydrogen-bond acceptors (Lipinski definition) is 14. The Bertz CT molecular complexity index is 1490. The number of benzene rings is 2. The van der Waals surface area contributed by atoms with Crippen molar-refractivity contribution in [1.82, 2.24) is 0 Å². The third kappa shape index (κ3) is 19.0. The van der Waals surface area contributed by atoms with Crippen LogP contribution in [0.25, 0.3) is 5.57 Å². The second-order valence-electron chi connectivity index (χ2n) is 8.39. The Balaban J connectivity index is -0.00000462. The average Bonchev–Trinajstić information content (AvgIpc) is 2.90. The van der Waals surface area contributed by atoms with Crippen LogP contribution < -0.4 is 128 Å². The van der Waals surface area contributed by atoms with Crippen molar-refractivity contribution in [2.45, 2.75) is 12.8 Å². The summed E-state index contributed by atoms with van der Waals surface area (Å²) in [7, 11) is -9.20. The zero-order valence-corrected chi connectivity index (χ0v) is 35.2. The van der Waals surface area contributed by atoms with Gasteiger partial charge < -0.3 is 38.4 Å². The van der Waals surface area contributed by atoms with Crippen LogP contribution in [-0.2, 0) is 39.3 Å². The zero-order chi connectivity index (χ0) is 31.5. The Hall–Kier alpha value is -0.380. The van der Waals surface area contributed by atoms with Crippen molar-refractivity contribution in [1.29, 1.82) is 0 Å². The molecular weight excluding hydrogens is 692 g/mol. The molecule has 0 fully saturated rings. The first-order chi connectivity index (χ1) is 19.6. The standard InChI is InChI=1S/C26H26O14S2.4Na/c27-23(28)19-7-3-17(4-8-19)21(18-5-9-20(10-6-18)24(29)30)11-12-22(25(31)39-13-1-15-41(33,34)35)26(32)40-14-2-16-42(36,37)38;;;;/h3-12H,1-2,13-16H2,(H,27,28)(H,29,30)(H,33,34,35)(H,36,37,38);;;;/q;4*+1/p-4. The molecule has 0 atom stereocenters. The fourth-order valence-electron chi connectivity index (χ4n) is 3.27. The van der Waals surface area contributed by atoms with E-state index in [1.807, 2.05) is 0 Å². The molecule has 226 valence electrons. The predicted octanol–water partition coefficient (Wildman–Crippen LogP) is -13.3. The van der Waals surface area contributed by atoms with Gasteiger partial charge in [-0.2, -0.15) is 0 Å². The molecule has 2 aromatic rings. The van der Waals surface area contributed by atoms with Gasteiger partial charge in [-0.25, -0.2) is 26.4 Å². The van der Waals surface area contributed by atoms with Crippen molar-refractivity contribution >= 4 is 49.7 Å². The summed E-state index contributed by atoms with van der Waals surface area (Å²) in [4.78, 5) is 47.7. The van der Waals surface area contributed by atoms with Crippen LogP contribution in [0.3, 0.4) is 0 Å². The second kappa shape index (κ2) is 23.9. The summed E-state index contributed by atoms with van der Waals surface area (Å²) in [5, 5.41) is 22.3. The van der Waals surface area contributed by atoms with E-state index < -0.39 is 74.4 Å². The second-order valence-corrected chi connectivity index (χ2v) is 11.4. The van der Waals surface area contributed by atoms with Crippen LogP contribution in [0.1, 0.15) is 44.7 Å². The number of carbonyl (C=O) groups excluding carboxylic acids is 4. The molecule has 0 heterocycles. The molecule has 20 heteroatoms. The smallest absolute Gasteiger partial charge is 0.748 e. The molecule has 0 aliphatic heterocycles. The Kier molecular flexibility index (Phi) is 26.0. The number of hydrogen-bond donors (Lipinski definition) is 0. The van der Waals surface area contributed by atoms with Crippen molar-refractivity contribution < 1.29 is 183 Å². The van der Waals surface area contributed by atoms with Crippen molar-refractivity contribution in [3.8, 4) is 0 Å². The summed E-state index contributed by atoms with van der Waals surface area (Å²) in [5.41, 5.74) is -0.124. The third-order valence-corrected chi connectivity index (χ3v) is 6.84. The van der Waals surface area contributed by atoms with E-state index in [0.717, 1.165) is 6.08 Å². The van der Waals surface area contributed by atoms with E-state index in [4.69, 9.17) is 9.47 Å². The van der Waals surface area contributed by atoms with Gasteiger partial charge in [0.25, 0.3) is 0 Å². The summed E-state index contributed by atoms with van der Waals surface area (Å²) in [5.74, 6) is -7.19. The molecule has 0 radical (unpaired) electrons. The van der Waals surface area contributed by atoms with Gasteiger partial charge in [-0.3, -0.25) is 0 Å². The number of allylic oxidation sites excluding steroid dienone is 2. The Morgan fingerprint density at radius 2 is 0.870 bits per heavy atom. The molecule has 0 N–H and O–H groups in total. The first kappa shape index (κ1) is 50.0. The minimum atomic E-state index is -4.60. The number of aromatic carboxylic acids is 2. The zero-order valence-electron chi connectivity index (χ0n) is 25.5. The van der Waals surface area contributed by atoms with E-state index in [1.54, 1.807) is 0 Å². The minimum absolute atomic E-state index is 0. The van der Waals surface area contributed by atoms with E-state index in [-0.39, 0.29) is 148 Å². The molecule has 2 aromatic carbocycles. The van der Waals surface area contributed by atoms with Gasteiger partial charge in [-0.1, -0.05) is 54.6 Å². The number of carboxylic acids is 2. The molecule has 0 saturated heterocycles. The predicted molar refractivity (Wildman–Crippen MR) is 137 cm³/mol. The molecule has 0 spiro atoms. The number of carboxylic acid groups (broad SMARTS) is 2. The molecule has 0 bridgehead atoms. The summed E-state index contributed by atoms with van der Waals surface area (Å²) in [6.45, 7) is -1.13. The number of rotatable bonds is 15. The topological polar surface area (TPSA) is 247 Å². The van der Waals surface area contributed by atoms with Gasteiger partial charge >= 0.3 is 130 Å². The van der Waals surface area contributed by atoms with Crippen LogP contribution in [0.15, 0.2) is 66.3 Å². The first-order valence-corrected chi connectivity index (χ1v) is 15.0. The number of carbonyl (C=O) groups is 4. The Morgan fingerprint density at radius 3 is 1.15 bits per heavy atom. The van der Waals surface area contributed by atoms with Crippen molar-refractivity contribution in [2.24, 2.45) is 0 Å².